The van der Waals surface area contributed by atoms with Crippen molar-refractivity contribution in [1.82, 2.24) is 0 Å². The highest BCUT2D eigenvalue weighted by Crippen LogP contribution is 2.33. The van der Waals surface area contributed by atoms with Crippen molar-refractivity contribution < 1.29 is 4.74 Å². The highest BCUT2D eigenvalue weighted by atomic mass is 32.2. The van der Waals surface area contributed by atoms with E-state index >= 15 is 0 Å². The molecule has 3 aromatic carbocycles. The monoisotopic (exact) mass is 406 g/mol. The van der Waals surface area contributed by atoms with Gasteiger partial charge in [-0.3, -0.25) is 5.43 Å². The third-order valence-corrected chi connectivity index (χ3v) is 7.18. The molecule has 1 N–H and O–H groups in total. The number of nitrogens with one attached hydrogen (secondary N) is 1. The van der Waals surface area contributed by atoms with Gasteiger partial charge in [0.1, 0.15) is 11.5 Å². The molecule has 0 radical (unpaired) electrons. The summed E-state index contributed by atoms with van der Waals surface area (Å²) < 4.78 is 6.22. The van der Waals surface area contributed by atoms with Crippen LogP contribution in [0.5, 0.6) is 11.5 Å². The molecule has 0 atom stereocenters. The Balaban J connectivity index is 1.48. The van der Waals surface area contributed by atoms with E-state index in [-0.39, 0.29) is 0 Å². The highest BCUT2D eigenvalue weighted by Gasteiger charge is 2.22. The lowest BCUT2D eigenvalue weighted by Gasteiger charge is -2.23. The molecule has 0 aromatic heterocycles. The van der Waals surface area contributed by atoms with Gasteiger partial charge < -0.3 is 4.74 Å². The number of hydrogen-bond acceptors (Lipinski definition) is 5. The minimum atomic E-state index is 0.365. The fraction of sp³-hybridized carbons (Fsp3) is 0.174. The van der Waals surface area contributed by atoms with Crippen molar-refractivity contribution >= 4 is 34.9 Å². The molecule has 3 nitrogen and oxygen atoms in total. The van der Waals surface area contributed by atoms with Crippen LogP contribution in [0.1, 0.15) is 12.0 Å². The smallest absolute Gasteiger partial charge is 0.127 e. The molecule has 0 unspecified atom stereocenters. The number of hydrazone groups is 1. The van der Waals surface area contributed by atoms with Gasteiger partial charge in [-0.05, 0) is 59.9 Å². The number of thioether (sulfide) groups is 2. The molecular formula is C23H22N2OS2. The zero-order valence-corrected chi connectivity index (χ0v) is 17.1. The van der Waals surface area contributed by atoms with Gasteiger partial charge in [0.2, 0.25) is 0 Å². The Morgan fingerprint density at radius 3 is 2.07 bits per heavy atom. The van der Waals surface area contributed by atoms with E-state index in [4.69, 9.17) is 9.84 Å². The van der Waals surface area contributed by atoms with Crippen LogP contribution >= 0.6 is 23.5 Å². The first-order chi connectivity index (χ1) is 13.9. The molecule has 1 heterocycles. The largest absolute Gasteiger partial charge is 0.457 e. The molecule has 3 aromatic rings. The molecule has 28 heavy (non-hydrogen) atoms. The van der Waals surface area contributed by atoms with Gasteiger partial charge in [0, 0.05) is 0 Å². The van der Waals surface area contributed by atoms with E-state index in [2.05, 4.69) is 29.7 Å². The predicted molar refractivity (Wildman–Crippen MR) is 123 cm³/mol. The molecule has 1 fully saturated rings. The third kappa shape index (κ3) is 5.12. The molecule has 4 rings (SSSR count). The summed E-state index contributed by atoms with van der Waals surface area (Å²) in [5.74, 6) is 4.02. The maximum Gasteiger partial charge on any atom is 0.127 e. The molecule has 0 amide bonds. The summed E-state index contributed by atoms with van der Waals surface area (Å²) in [4.78, 5) is 0. The first-order valence-corrected chi connectivity index (χ1v) is 11.4. The van der Waals surface area contributed by atoms with E-state index in [1.165, 1.54) is 23.5 Å². The summed E-state index contributed by atoms with van der Waals surface area (Å²) in [6.45, 7) is 0. The first kappa shape index (κ1) is 19.0. The van der Waals surface area contributed by atoms with Crippen molar-refractivity contribution in [3.8, 4) is 11.5 Å². The predicted octanol–water partition coefficient (Wildman–Crippen LogP) is 6.49. The number of rotatable bonds is 6. The molecule has 0 bridgehead atoms. The lowest BCUT2D eigenvalue weighted by atomic mass is 10.1. The van der Waals surface area contributed by atoms with E-state index in [1.807, 2.05) is 84.2 Å². The van der Waals surface area contributed by atoms with E-state index in [1.54, 1.807) is 0 Å². The van der Waals surface area contributed by atoms with Crippen LogP contribution in [0, 0.1) is 0 Å². The molecule has 0 aliphatic carbocycles. The summed E-state index contributed by atoms with van der Waals surface area (Å²) in [6, 6.07) is 28.1. The fourth-order valence-corrected chi connectivity index (χ4v) is 5.74. The normalized spacial score (nSPS) is 15.2. The van der Waals surface area contributed by atoms with E-state index < -0.39 is 0 Å². The average Bonchev–Trinajstić information content (AvgIpc) is 2.77. The van der Waals surface area contributed by atoms with Crippen LogP contribution in [-0.2, 0) is 0 Å². The van der Waals surface area contributed by atoms with Crippen LogP contribution in [0.25, 0.3) is 0 Å². The number of benzene rings is 3. The van der Waals surface area contributed by atoms with Crippen molar-refractivity contribution in [3.63, 3.8) is 0 Å². The van der Waals surface area contributed by atoms with Gasteiger partial charge in [0.05, 0.1) is 16.0 Å². The SMILES string of the molecule is c1ccc(Oc2ccc(N/N=C(\c3ccccc3)C3SCCCS3)cc2)cc1. The van der Waals surface area contributed by atoms with Gasteiger partial charge in [-0.25, -0.2) is 0 Å². The van der Waals surface area contributed by atoms with Crippen LogP contribution in [0.4, 0.5) is 5.69 Å². The molecule has 1 aliphatic rings. The number of para-hydroxylation sites is 1. The second-order valence-corrected chi connectivity index (χ2v) is 9.07. The summed E-state index contributed by atoms with van der Waals surface area (Å²) in [7, 11) is 0. The second kappa shape index (κ2) is 9.71. The number of nitrogens with zero attached hydrogens (tertiary/aromatic N) is 1. The van der Waals surface area contributed by atoms with E-state index in [0.717, 1.165) is 22.9 Å². The van der Waals surface area contributed by atoms with E-state index in [9.17, 15) is 0 Å². The van der Waals surface area contributed by atoms with Crippen molar-refractivity contribution in [1.29, 1.82) is 0 Å². The Hall–Kier alpha value is -2.37. The molecule has 0 saturated carbocycles. The summed E-state index contributed by atoms with van der Waals surface area (Å²) in [5, 5.41) is 4.79. The van der Waals surface area contributed by atoms with Crippen molar-refractivity contribution in [2.45, 2.75) is 11.0 Å². The van der Waals surface area contributed by atoms with Gasteiger partial charge in [-0.2, -0.15) is 5.10 Å². The zero-order chi connectivity index (χ0) is 19.0. The van der Waals surface area contributed by atoms with Crippen LogP contribution in [0.2, 0.25) is 0 Å². The number of anilines is 1. The van der Waals surface area contributed by atoms with E-state index in [0.29, 0.717) is 4.58 Å². The zero-order valence-electron chi connectivity index (χ0n) is 15.5. The maximum atomic E-state index is 5.85. The minimum Gasteiger partial charge on any atom is -0.457 e. The number of ether oxygens (including phenoxy) is 1. The lowest BCUT2D eigenvalue weighted by molar-refractivity contribution is 0.483. The average molecular weight is 407 g/mol. The maximum absolute atomic E-state index is 5.85. The fourth-order valence-electron chi connectivity index (χ4n) is 2.85. The standard InChI is InChI=1S/C23H22N2OS2/c1-3-8-18(9-4-1)22(23-27-16-7-17-28-23)25-24-19-12-14-21(15-13-19)26-20-10-5-2-6-11-20/h1-6,8-15,23-24H,7,16-17H2/b25-22+. The van der Waals surface area contributed by atoms with Crippen LogP contribution in [0.3, 0.4) is 0 Å². The first-order valence-electron chi connectivity index (χ1n) is 9.34. The summed E-state index contributed by atoms with van der Waals surface area (Å²) in [5.41, 5.74) is 6.45. The second-order valence-electron chi connectivity index (χ2n) is 6.34. The Bertz CT molecular complexity index is 893. The van der Waals surface area contributed by atoms with Crippen LogP contribution in [0.15, 0.2) is 90.0 Å². The van der Waals surface area contributed by atoms with Crippen molar-refractivity contribution in [3.05, 3.63) is 90.5 Å². The summed E-state index contributed by atoms with van der Waals surface area (Å²) in [6.07, 6.45) is 1.27. The Morgan fingerprint density at radius 2 is 1.39 bits per heavy atom. The van der Waals surface area contributed by atoms with Crippen molar-refractivity contribution in [2.75, 3.05) is 16.9 Å². The molecule has 142 valence electrons. The topological polar surface area (TPSA) is 33.6 Å². The Morgan fingerprint density at radius 1 is 0.786 bits per heavy atom. The highest BCUT2D eigenvalue weighted by molar-refractivity contribution is 8.18. The Labute approximate surface area is 174 Å². The van der Waals surface area contributed by atoms with Gasteiger partial charge in [0.15, 0.2) is 0 Å². The lowest BCUT2D eigenvalue weighted by Crippen LogP contribution is -2.20. The van der Waals surface area contributed by atoms with Crippen LogP contribution < -0.4 is 10.2 Å². The molecule has 0 spiro atoms. The molecule has 5 heteroatoms. The third-order valence-electron chi connectivity index (χ3n) is 4.26. The molecular weight excluding hydrogens is 384 g/mol. The summed E-state index contributed by atoms with van der Waals surface area (Å²) >= 11 is 3.95. The Kier molecular flexibility index (Phi) is 6.58. The van der Waals surface area contributed by atoms with Gasteiger partial charge in [0.25, 0.3) is 0 Å². The van der Waals surface area contributed by atoms with Crippen molar-refractivity contribution in [2.24, 2.45) is 5.10 Å². The van der Waals surface area contributed by atoms with Gasteiger partial charge in [-0.15, -0.1) is 23.5 Å². The van der Waals surface area contributed by atoms with Gasteiger partial charge in [-0.1, -0.05) is 48.5 Å². The molecule has 1 saturated heterocycles. The number of hydrogen-bond donors (Lipinski definition) is 1. The minimum absolute atomic E-state index is 0.365. The van der Waals surface area contributed by atoms with Gasteiger partial charge >= 0.3 is 0 Å². The molecule has 1 aliphatic heterocycles. The quantitative estimate of drug-likeness (QED) is 0.375. The van der Waals surface area contributed by atoms with Crippen LogP contribution in [-0.4, -0.2) is 21.8 Å².